The van der Waals surface area contributed by atoms with E-state index >= 15 is 0 Å². The van der Waals surface area contributed by atoms with E-state index < -0.39 is 0 Å². The van der Waals surface area contributed by atoms with Gasteiger partial charge in [0.15, 0.2) is 5.13 Å². The summed E-state index contributed by atoms with van der Waals surface area (Å²) >= 11 is 7.66. The minimum absolute atomic E-state index is 0.202. The smallest absolute Gasteiger partial charge is 0.250 e. The van der Waals surface area contributed by atoms with Gasteiger partial charge in [-0.2, -0.15) is 0 Å². The largest absolute Gasteiger partial charge is 0.298 e. The Morgan fingerprint density at radius 2 is 1.82 bits per heavy atom. The van der Waals surface area contributed by atoms with Crippen LogP contribution in [0.2, 0.25) is 5.02 Å². The molecule has 0 aliphatic carbocycles. The zero-order valence-corrected chi connectivity index (χ0v) is 16.5. The molecule has 0 bridgehead atoms. The van der Waals surface area contributed by atoms with Gasteiger partial charge in [-0.25, -0.2) is 4.98 Å². The van der Waals surface area contributed by atoms with Crippen LogP contribution in [0.5, 0.6) is 0 Å². The van der Waals surface area contributed by atoms with Gasteiger partial charge in [0.2, 0.25) is 5.91 Å². The molecule has 138 valence electrons. The molecule has 0 atom stereocenters. The van der Waals surface area contributed by atoms with E-state index in [4.69, 9.17) is 11.6 Å². The summed E-state index contributed by atoms with van der Waals surface area (Å²) in [5.74, 6) is -0.202. The molecule has 0 radical (unpaired) electrons. The summed E-state index contributed by atoms with van der Waals surface area (Å²) in [6.45, 7) is 0. The Hall–Kier alpha value is -2.95. The van der Waals surface area contributed by atoms with Crippen molar-refractivity contribution < 1.29 is 4.79 Å². The predicted molar refractivity (Wildman–Crippen MR) is 118 cm³/mol. The Labute approximate surface area is 172 Å². The number of nitrogens with zero attached hydrogens (tertiary/aromatic N) is 1. The molecule has 1 heterocycles. The molecular weight excluding hydrogens is 388 g/mol. The number of halogens is 1. The Morgan fingerprint density at radius 3 is 2.71 bits per heavy atom. The standard InChI is InChI=1S/C23H17ClN2OS/c24-21-11-4-2-7-18(21)14-19-15-25-23(28-19)26-22(27)13-12-17-9-5-8-16-6-1-3-10-20(16)17/h1-13,15H,14H2,(H,25,26,27). The summed E-state index contributed by atoms with van der Waals surface area (Å²) in [6.07, 6.45) is 5.84. The summed E-state index contributed by atoms with van der Waals surface area (Å²) in [5.41, 5.74) is 2.05. The first-order chi connectivity index (χ1) is 13.7. The number of carbonyl (C=O) groups excluding carboxylic acids is 1. The second kappa shape index (κ2) is 8.38. The fourth-order valence-electron chi connectivity index (χ4n) is 2.98. The van der Waals surface area contributed by atoms with Crippen LogP contribution >= 0.6 is 22.9 Å². The maximum Gasteiger partial charge on any atom is 0.250 e. The van der Waals surface area contributed by atoms with Crippen molar-refractivity contribution in [3.8, 4) is 0 Å². The van der Waals surface area contributed by atoms with Crippen molar-refractivity contribution in [1.82, 2.24) is 4.98 Å². The molecule has 1 amide bonds. The molecule has 3 nitrogen and oxygen atoms in total. The van der Waals surface area contributed by atoms with Crippen LogP contribution in [0.4, 0.5) is 5.13 Å². The van der Waals surface area contributed by atoms with E-state index in [1.807, 2.05) is 54.6 Å². The van der Waals surface area contributed by atoms with Crippen molar-refractivity contribution >= 4 is 50.8 Å². The van der Waals surface area contributed by atoms with Crippen molar-refractivity contribution in [2.45, 2.75) is 6.42 Å². The zero-order valence-electron chi connectivity index (χ0n) is 14.9. The number of hydrogen-bond acceptors (Lipinski definition) is 3. The highest BCUT2D eigenvalue weighted by Crippen LogP contribution is 2.25. The maximum absolute atomic E-state index is 12.3. The molecule has 0 saturated carbocycles. The van der Waals surface area contributed by atoms with Gasteiger partial charge in [-0.15, -0.1) is 11.3 Å². The second-order valence-corrected chi connectivity index (χ2v) is 7.81. The van der Waals surface area contributed by atoms with Crippen molar-refractivity contribution in [3.63, 3.8) is 0 Å². The highest BCUT2D eigenvalue weighted by Gasteiger charge is 2.07. The monoisotopic (exact) mass is 404 g/mol. The lowest BCUT2D eigenvalue weighted by atomic mass is 10.0. The Bertz CT molecular complexity index is 1160. The first-order valence-electron chi connectivity index (χ1n) is 8.84. The summed E-state index contributed by atoms with van der Waals surface area (Å²) < 4.78 is 0. The Balaban J connectivity index is 1.43. The molecule has 0 aliphatic heterocycles. The van der Waals surface area contributed by atoms with Gasteiger partial charge in [-0.3, -0.25) is 10.1 Å². The molecule has 3 aromatic carbocycles. The quantitative estimate of drug-likeness (QED) is 0.403. The van der Waals surface area contributed by atoms with E-state index in [1.165, 1.54) is 17.4 Å². The summed E-state index contributed by atoms with van der Waals surface area (Å²) in [5, 5.41) is 6.41. The fraction of sp³-hybridized carbons (Fsp3) is 0.0435. The predicted octanol–water partition coefficient (Wildman–Crippen LogP) is 6.19. The van der Waals surface area contributed by atoms with Crippen LogP contribution in [-0.4, -0.2) is 10.9 Å². The van der Waals surface area contributed by atoms with Gasteiger partial charge in [0, 0.05) is 28.6 Å². The summed E-state index contributed by atoms with van der Waals surface area (Å²) in [7, 11) is 0. The van der Waals surface area contributed by atoms with Gasteiger partial charge >= 0.3 is 0 Å². The van der Waals surface area contributed by atoms with Gasteiger partial charge in [0.1, 0.15) is 0 Å². The van der Waals surface area contributed by atoms with Gasteiger partial charge in [0.25, 0.3) is 0 Å². The molecule has 1 aromatic heterocycles. The van der Waals surface area contributed by atoms with Crippen LogP contribution in [0.3, 0.4) is 0 Å². The second-order valence-electron chi connectivity index (χ2n) is 6.29. The van der Waals surface area contributed by atoms with Crippen molar-refractivity contribution in [3.05, 3.63) is 100 Å². The molecule has 0 spiro atoms. The van der Waals surface area contributed by atoms with Crippen LogP contribution in [-0.2, 0) is 11.2 Å². The highest BCUT2D eigenvalue weighted by atomic mass is 35.5. The number of hydrogen-bond donors (Lipinski definition) is 1. The van der Waals surface area contributed by atoms with Crippen molar-refractivity contribution in [1.29, 1.82) is 0 Å². The Morgan fingerprint density at radius 1 is 1.04 bits per heavy atom. The molecule has 0 aliphatic rings. The number of nitrogens with one attached hydrogen (secondary N) is 1. The van der Waals surface area contributed by atoms with Crippen LogP contribution in [0, 0.1) is 0 Å². The van der Waals surface area contributed by atoms with E-state index in [0.717, 1.165) is 31.8 Å². The molecule has 0 unspecified atom stereocenters. The SMILES string of the molecule is O=C(C=Cc1cccc2ccccc12)Nc1ncc(Cc2ccccc2Cl)s1. The molecular formula is C23H17ClN2OS. The normalized spacial score (nSPS) is 11.2. The van der Waals surface area contributed by atoms with Gasteiger partial charge < -0.3 is 0 Å². The van der Waals surface area contributed by atoms with E-state index in [1.54, 1.807) is 6.20 Å². The number of thiazole rings is 1. The third-order valence-electron chi connectivity index (χ3n) is 4.34. The number of benzene rings is 3. The van der Waals surface area contributed by atoms with E-state index in [9.17, 15) is 4.79 Å². The number of rotatable bonds is 5. The van der Waals surface area contributed by atoms with Crippen molar-refractivity contribution in [2.75, 3.05) is 5.32 Å². The van der Waals surface area contributed by atoms with Gasteiger partial charge in [0.05, 0.1) is 0 Å². The number of carbonyl (C=O) groups is 1. The molecule has 4 aromatic rings. The van der Waals surface area contributed by atoms with Crippen LogP contribution in [0.25, 0.3) is 16.8 Å². The van der Waals surface area contributed by atoms with E-state index in [-0.39, 0.29) is 5.91 Å². The number of anilines is 1. The number of fused-ring (bicyclic) bond motifs is 1. The topological polar surface area (TPSA) is 42.0 Å². The maximum atomic E-state index is 12.3. The molecule has 0 saturated heterocycles. The first-order valence-corrected chi connectivity index (χ1v) is 10.0. The lowest BCUT2D eigenvalue weighted by Crippen LogP contribution is -2.07. The van der Waals surface area contributed by atoms with E-state index in [0.29, 0.717) is 11.6 Å². The van der Waals surface area contributed by atoms with Crippen LogP contribution in [0.15, 0.2) is 79.0 Å². The highest BCUT2D eigenvalue weighted by molar-refractivity contribution is 7.15. The minimum atomic E-state index is -0.202. The van der Waals surface area contributed by atoms with Crippen LogP contribution in [0.1, 0.15) is 16.0 Å². The fourth-order valence-corrected chi connectivity index (χ4v) is 4.03. The number of amides is 1. The number of aromatic nitrogens is 1. The minimum Gasteiger partial charge on any atom is -0.298 e. The molecule has 5 heteroatoms. The third kappa shape index (κ3) is 4.30. The molecule has 1 N–H and O–H groups in total. The molecule has 28 heavy (non-hydrogen) atoms. The van der Waals surface area contributed by atoms with E-state index in [2.05, 4.69) is 28.5 Å². The average molecular weight is 405 g/mol. The summed E-state index contributed by atoms with van der Waals surface area (Å²) in [4.78, 5) is 17.6. The first kappa shape index (κ1) is 18.4. The third-order valence-corrected chi connectivity index (χ3v) is 5.63. The summed E-state index contributed by atoms with van der Waals surface area (Å²) in [6, 6.07) is 21.9. The molecule has 4 rings (SSSR count). The average Bonchev–Trinajstić information content (AvgIpc) is 3.15. The lowest BCUT2D eigenvalue weighted by Gasteiger charge is -2.02. The van der Waals surface area contributed by atoms with Gasteiger partial charge in [-0.05, 0) is 34.0 Å². The molecule has 0 fully saturated rings. The zero-order chi connectivity index (χ0) is 19.3. The lowest BCUT2D eigenvalue weighted by molar-refractivity contribution is -0.111. The van der Waals surface area contributed by atoms with Crippen LogP contribution < -0.4 is 5.32 Å². The Kier molecular flexibility index (Phi) is 5.51. The van der Waals surface area contributed by atoms with Gasteiger partial charge in [-0.1, -0.05) is 72.3 Å². The van der Waals surface area contributed by atoms with Crippen molar-refractivity contribution in [2.24, 2.45) is 0 Å².